The Labute approximate surface area is 117 Å². The van der Waals surface area contributed by atoms with E-state index in [1.807, 2.05) is 0 Å². The molecule has 112 valence electrons. The number of aliphatic hydroxyl groups is 1. The Morgan fingerprint density at radius 1 is 1.26 bits per heavy atom. The minimum Gasteiger partial charge on any atom is -0.388 e. The smallest absolute Gasteiger partial charge is 0.220 e. The Morgan fingerprint density at radius 2 is 1.89 bits per heavy atom. The third-order valence-electron chi connectivity index (χ3n) is 4.25. The number of carbonyl (C=O) groups excluding carboxylic acids is 1. The van der Waals surface area contributed by atoms with E-state index in [1.54, 1.807) is 0 Å². The minimum absolute atomic E-state index is 0.0455. The van der Waals surface area contributed by atoms with Gasteiger partial charge in [-0.1, -0.05) is 33.1 Å². The summed E-state index contributed by atoms with van der Waals surface area (Å²) in [4.78, 5) is 11.8. The van der Waals surface area contributed by atoms with Crippen LogP contribution in [0.25, 0.3) is 0 Å². The molecule has 1 aliphatic rings. The van der Waals surface area contributed by atoms with E-state index < -0.39 is 5.60 Å². The maximum Gasteiger partial charge on any atom is 0.220 e. The van der Waals surface area contributed by atoms with Crippen molar-refractivity contribution in [2.75, 3.05) is 13.1 Å². The first-order valence-electron chi connectivity index (χ1n) is 7.56. The fourth-order valence-corrected chi connectivity index (χ4v) is 2.71. The van der Waals surface area contributed by atoms with Crippen LogP contribution in [-0.2, 0) is 4.79 Å². The van der Waals surface area contributed by atoms with Crippen LogP contribution in [0.15, 0.2) is 0 Å². The monoisotopic (exact) mass is 270 g/mol. The van der Waals surface area contributed by atoms with Crippen molar-refractivity contribution in [3.05, 3.63) is 0 Å². The molecule has 19 heavy (non-hydrogen) atoms. The van der Waals surface area contributed by atoms with Crippen molar-refractivity contribution in [2.45, 2.75) is 70.8 Å². The summed E-state index contributed by atoms with van der Waals surface area (Å²) in [6.07, 6.45) is 7.25. The number of hydrogen-bond donors (Lipinski definition) is 3. The second kappa shape index (κ2) is 7.25. The van der Waals surface area contributed by atoms with Gasteiger partial charge in [0.05, 0.1) is 5.60 Å². The Bertz CT molecular complexity index is 284. The minimum atomic E-state index is -0.666. The molecule has 0 aliphatic heterocycles. The van der Waals surface area contributed by atoms with Gasteiger partial charge in [-0.3, -0.25) is 4.79 Å². The summed E-state index contributed by atoms with van der Waals surface area (Å²) < 4.78 is 0. The van der Waals surface area contributed by atoms with Gasteiger partial charge >= 0.3 is 0 Å². The zero-order chi connectivity index (χ0) is 14.4. The molecular formula is C15H30N2O2. The van der Waals surface area contributed by atoms with E-state index in [2.05, 4.69) is 19.2 Å². The topological polar surface area (TPSA) is 75.4 Å². The maximum atomic E-state index is 11.8. The molecule has 0 atom stereocenters. The van der Waals surface area contributed by atoms with E-state index in [0.29, 0.717) is 19.5 Å². The standard InChI is InChI=1S/C15H30N2O2/c1-14(2,10-11-16)9-6-13(18)17-12-15(19)7-4-3-5-8-15/h19H,3-12,16H2,1-2H3,(H,17,18). The maximum absolute atomic E-state index is 11.8. The van der Waals surface area contributed by atoms with Crippen LogP contribution in [0.3, 0.4) is 0 Å². The molecule has 0 heterocycles. The summed E-state index contributed by atoms with van der Waals surface area (Å²) in [5.74, 6) is 0.0455. The highest BCUT2D eigenvalue weighted by molar-refractivity contribution is 5.75. The summed E-state index contributed by atoms with van der Waals surface area (Å²) in [7, 11) is 0. The van der Waals surface area contributed by atoms with Crippen molar-refractivity contribution in [3.63, 3.8) is 0 Å². The van der Waals surface area contributed by atoms with Crippen LogP contribution in [0, 0.1) is 5.41 Å². The highest BCUT2D eigenvalue weighted by Gasteiger charge is 2.29. The molecule has 1 rings (SSSR count). The highest BCUT2D eigenvalue weighted by atomic mass is 16.3. The van der Waals surface area contributed by atoms with Crippen molar-refractivity contribution in [1.82, 2.24) is 5.32 Å². The highest BCUT2D eigenvalue weighted by Crippen LogP contribution is 2.28. The summed E-state index contributed by atoms with van der Waals surface area (Å²) >= 11 is 0. The zero-order valence-electron chi connectivity index (χ0n) is 12.5. The van der Waals surface area contributed by atoms with Gasteiger partial charge in [0.2, 0.25) is 5.91 Å². The third-order valence-corrected chi connectivity index (χ3v) is 4.25. The average Bonchev–Trinajstić information content (AvgIpc) is 2.35. The van der Waals surface area contributed by atoms with Gasteiger partial charge in [0.25, 0.3) is 0 Å². The predicted octanol–water partition coefficient (Wildman–Crippen LogP) is 1.95. The summed E-state index contributed by atoms with van der Waals surface area (Å²) in [6, 6.07) is 0. The van der Waals surface area contributed by atoms with Crippen LogP contribution in [-0.4, -0.2) is 29.7 Å². The molecular weight excluding hydrogens is 240 g/mol. The molecule has 1 aliphatic carbocycles. The molecule has 4 N–H and O–H groups in total. The lowest BCUT2D eigenvalue weighted by atomic mass is 9.84. The fourth-order valence-electron chi connectivity index (χ4n) is 2.71. The first-order chi connectivity index (χ1) is 8.87. The molecule has 0 aromatic rings. The van der Waals surface area contributed by atoms with Crippen molar-refractivity contribution in [3.8, 4) is 0 Å². The van der Waals surface area contributed by atoms with Crippen LogP contribution >= 0.6 is 0 Å². The van der Waals surface area contributed by atoms with Crippen LogP contribution in [0.5, 0.6) is 0 Å². The van der Waals surface area contributed by atoms with E-state index in [0.717, 1.165) is 38.5 Å². The van der Waals surface area contributed by atoms with E-state index in [4.69, 9.17) is 5.73 Å². The average molecular weight is 270 g/mol. The van der Waals surface area contributed by atoms with E-state index in [-0.39, 0.29) is 11.3 Å². The molecule has 0 spiro atoms. The quantitative estimate of drug-likeness (QED) is 0.662. The first-order valence-corrected chi connectivity index (χ1v) is 7.56. The summed E-state index contributed by atoms with van der Waals surface area (Å²) in [5.41, 5.74) is 5.01. The lowest BCUT2D eigenvalue weighted by Crippen LogP contribution is -2.44. The van der Waals surface area contributed by atoms with E-state index >= 15 is 0 Å². The molecule has 0 radical (unpaired) electrons. The van der Waals surface area contributed by atoms with Crippen LogP contribution in [0.4, 0.5) is 0 Å². The number of nitrogens with one attached hydrogen (secondary N) is 1. The number of hydrogen-bond acceptors (Lipinski definition) is 3. The number of nitrogens with two attached hydrogens (primary N) is 1. The van der Waals surface area contributed by atoms with Crippen LogP contribution in [0.2, 0.25) is 0 Å². The Morgan fingerprint density at radius 3 is 2.47 bits per heavy atom. The Kier molecular flexibility index (Phi) is 6.27. The molecule has 4 nitrogen and oxygen atoms in total. The van der Waals surface area contributed by atoms with E-state index in [1.165, 1.54) is 6.42 Å². The number of amides is 1. The van der Waals surface area contributed by atoms with Gasteiger partial charge in [0, 0.05) is 13.0 Å². The van der Waals surface area contributed by atoms with Crippen molar-refractivity contribution in [1.29, 1.82) is 0 Å². The van der Waals surface area contributed by atoms with Gasteiger partial charge in [-0.25, -0.2) is 0 Å². The van der Waals surface area contributed by atoms with Crippen molar-refractivity contribution >= 4 is 5.91 Å². The predicted molar refractivity (Wildman–Crippen MR) is 77.7 cm³/mol. The SMILES string of the molecule is CC(C)(CCN)CCC(=O)NCC1(O)CCCCC1. The van der Waals surface area contributed by atoms with Gasteiger partial charge in [0.1, 0.15) is 0 Å². The molecule has 0 saturated heterocycles. The third kappa shape index (κ3) is 6.39. The normalized spacial score (nSPS) is 19.2. The molecule has 1 fully saturated rings. The molecule has 0 aromatic carbocycles. The molecule has 1 amide bonds. The molecule has 1 saturated carbocycles. The molecule has 0 aromatic heterocycles. The number of carbonyl (C=O) groups is 1. The Hall–Kier alpha value is -0.610. The largest absolute Gasteiger partial charge is 0.388 e. The first kappa shape index (κ1) is 16.4. The van der Waals surface area contributed by atoms with E-state index in [9.17, 15) is 9.90 Å². The van der Waals surface area contributed by atoms with Gasteiger partial charge in [-0.05, 0) is 37.6 Å². The molecule has 0 unspecified atom stereocenters. The summed E-state index contributed by atoms with van der Waals surface area (Å²) in [5, 5.41) is 13.2. The second-order valence-corrected chi connectivity index (χ2v) is 6.76. The molecule has 0 bridgehead atoms. The van der Waals surface area contributed by atoms with Crippen LogP contribution in [0.1, 0.15) is 65.2 Å². The van der Waals surface area contributed by atoms with Gasteiger partial charge < -0.3 is 16.2 Å². The zero-order valence-corrected chi connectivity index (χ0v) is 12.5. The van der Waals surface area contributed by atoms with Gasteiger partial charge in [-0.2, -0.15) is 0 Å². The molecule has 4 heteroatoms. The van der Waals surface area contributed by atoms with Crippen molar-refractivity contribution in [2.24, 2.45) is 11.1 Å². The Balaban J connectivity index is 2.24. The number of rotatable bonds is 7. The van der Waals surface area contributed by atoms with Gasteiger partial charge in [0.15, 0.2) is 0 Å². The summed E-state index contributed by atoms with van der Waals surface area (Å²) in [6.45, 7) is 5.35. The second-order valence-electron chi connectivity index (χ2n) is 6.76. The van der Waals surface area contributed by atoms with Crippen molar-refractivity contribution < 1.29 is 9.90 Å². The fraction of sp³-hybridized carbons (Fsp3) is 0.933. The van der Waals surface area contributed by atoms with Gasteiger partial charge in [-0.15, -0.1) is 0 Å². The lowest BCUT2D eigenvalue weighted by Gasteiger charge is -2.32. The lowest BCUT2D eigenvalue weighted by molar-refractivity contribution is -0.123. The van der Waals surface area contributed by atoms with Crippen LogP contribution < -0.4 is 11.1 Å².